The highest BCUT2D eigenvalue weighted by Crippen LogP contribution is 2.41. The molecule has 0 fully saturated rings. The quantitative estimate of drug-likeness (QED) is 0.292. The van der Waals surface area contributed by atoms with Crippen molar-refractivity contribution in [2.75, 3.05) is 23.9 Å². The number of anilines is 3. The first-order valence-electron chi connectivity index (χ1n) is 9.99. The minimum absolute atomic E-state index is 0.0135. The maximum Gasteiger partial charge on any atom is 0.211 e. The van der Waals surface area contributed by atoms with Crippen LogP contribution in [-0.2, 0) is 6.61 Å². The van der Waals surface area contributed by atoms with Crippen molar-refractivity contribution in [3.8, 4) is 23.8 Å². The predicted octanol–water partition coefficient (Wildman–Crippen LogP) is 3.41. The van der Waals surface area contributed by atoms with Crippen LogP contribution in [0.3, 0.4) is 0 Å². The van der Waals surface area contributed by atoms with E-state index in [-0.39, 0.29) is 29.6 Å². The van der Waals surface area contributed by atoms with Gasteiger partial charge in [0.15, 0.2) is 6.19 Å². The number of para-hydroxylation sites is 1. The van der Waals surface area contributed by atoms with Gasteiger partial charge in [-0.3, -0.25) is 5.32 Å². The second kappa shape index (κ2) is 9.57. The van der Waals surface area contributed by atoms with Crippen LogP contribution in [0.2, 0.25) is 0 Å². The van der Waals surface area contributed by atoms with Crippen LogP contribution in [-0.4, -0.2) is 18.1 Å². The van der Waals surface area contributed by atoms with Gasteiger partial charge < -0.3 is 26.3 Å². The Morgan fingerprint density at radius 1 is 1.18 bits per heavy atom. The number of benzene rings is 2. The van der Waals surface area contributed by atoms with Gasteiger partial charge in [0.05, 0.1) is 17.3 Å². The maximum atomic E-state index is 9.51. The first-order valence-corrected chi connectivity index (χ1v) is 10.8. The summed E-state index contributed by atoms with van der Waals surface area (Å²) in [4.78, 5) is 8.87. The Labute approximate surface area is 204 Å². The van der Waals surface area contributed by atoms with E-state index in [4.69, 9.17) is 26.2 Å². The lowest BCUT2D eigenvalue weighted by Gasteiger charge is -2.26. The molecular weight excluding hydrogens is 500 g/mol. The largest absolute Gasteiger partial charge is 0.496 e. The fourth-order valence-corrected chi connectivity index (χ4v) is 4.02. The molecule has 0 spiro atoms. The number of aliphatic imine (C=N–C) groups is 1. The lowest BCUT2D eigenvalue weighted by atomic mass is 9.94. The molecule has 2 aromatic carbocycles. The molecule has 3 aromatic rings. The number of nitriles is 2. The average molecular weight is 519 g/mol. The van der Waals surface area contributed by atoms with Gasteiger partial charge in [0.1, 0.15) is 47.4 Å². The summed E-state index contributed by atoms with van der Waals surface area (Å²) in [5, 5.41) is 24.0. The molecule has 1 unspecified atom stereocenters. The van der Waals surface area contributed by atoms with Crippen molar-refractivity contribution < 1.29 is 9.47 Å². The molecule has 2 heterocycles. The second-order valence-corrected chi connectivity index (χ2v) is 8.05. The molecule has 34 heavy (non-hydrogen) atoms. The van der Waals surface area contributed by atoms with Crippen LogP contribution in [0.15, 0.2) is 51.9 Å². The van der Waals surface area contributed by atoms with Gasteiger partial charge in [-0.15, -0.1) is 0 Å². The number of hydrogen-bond donors (Lipinski definition) is 4. The Balaban J connectivity index is 1.79. The molecule has 0 saturated heterocycles. The highest BCUT2D eigenvalue weighted by molar-refractivity contribution is 9.10. The molecule has 1 atom stereocenters. The van der Waals surface area contributed by atoms with Gasteiger partial charge in [0, 0.05) is 11.1 Å². The molecule has 0 bridgehead atoms. The fraction of sp³-hybridized carbons (Fsp3) is 0.130. The van der Waals surface area contributed by atoms with Gasteiger partial charge >= 0.3 is 0 Å². The van der Waals surface area contributed by atoms with Gasteiger partial charge in [0.2, 0.25) is 5.96 Å². The first-order chi connectivity index (χ1) is 16.5. The van der Waals surface area contributed by atoms with E-state index in [1.54, 1.807) is 13.2 Å². The molecular formula is C23H19BrN8O2. The lowest BCUT2D eigenvalue weighted by Crippen LogP contribution is -2.32. The van der Waals surface area contributed by atoms with Crippen LogP contribution in [0.1, 0.15) is 28.3 Å². The number of aromatic nitrogens is 1. The molecule has 1 aliphatic rings. The zero-order valence-electron chi connectivity index (χ0n) is 18.0. The summed E-state index contributed by atoms with van der Waals surface area (Å²) < 4.78 is 12.3. The summed E-state index contributed by atoms with van der Waals surface area (Å²) in [6.45, 7) is 0.226. The molecule has 10 nitrogen and oxygen atoms in total. The SMILES string of the molecule is COc1ccc(C2N=C(NC#N)Nc3nc(N)c(C#N)c(N)c32)cc1COc1ccccc1Br. The monoisotopic (exact) mass is 518 g/mol. The van der Waals surface area contributed by atoms with E-state index >= 15 is 0 Å². The van der Waals surface area contributed by atoms with Crippen molar-refractivity contribution in [2.45, 2.75) is 12.6 Å². The van der Waals surface area contributed by atoms with Gasteiger partial charge in [0.25, 0.3) is 0 Å². The molecule has 0 aliphatic carbocycles. The highest BCUT2D eigenvalue weighted by atomic mass is 79.9. The van der Waals surface area contributed by atoms with Crippen molar-refractivity contribution in [1.82, 2.24) is 10.3 Å². The lowest BCUT2D eigenvalue weighted by molar-refractivity contribution is 0.294. The second-order valence-electron chi connectivity index (χ2n) is 7.19. The van der Waals surface area contributed by atoms with Crippen LogP contribution in [0.5, 0.6) is 11.5 Å². The van der Waals surface area contributed by atoms with E-state index in [0.717, 1.165) is 15.6 Å². The van der Waals surface area contributed by atoms with E-state index in [1.165, 1.54) is 0 Å². The number of nitrogens with two attached hydrogens (primary N) is 2. The third-order valence-electron chi connectivity index (χ3n) is 5.20. The topological polar surface area (TPSA) is 167 Å². The summed E-state index contributed by atoms with van der Waals surface area (Å²) in [6, 6.07) is 14.4. The molecule has 1 aliphatic heterocycles. The zero-order chi connectivity index (χ0) is 24.2. The molecule has 170 valence electrons. The van der Waals surface area contributed by atoms with Crippen molar-refractivity contribution in [1.29, 1.82) is 10.5 Å². The standard InChI is InChI=1S/C23H19BrN8O2/c1-33-16-7-6-12(8-13(16)10-34-17-5-3-2-4-15(17)24)20-18-19(27)14(9-25)21(28)31-22(18)32-23(30-20)29-11-26/h2-8,20H,10H2,1H3,(H6,27,28,29,30,31,32). The van der Waals surface area contributed by atoms with E-state index in [2.05, 4.69) is 36.5 Å². The number of ether oxygens (including phenoxy) is 2. The van der Waals surface area contributed by atoms with Gasteiger partial charge in [-0.25, -0.2) is 9.98 Å². The van der Waals surface area contributed by atoms with Crippen LogP contribution >= 0.6 is 15.9 Å². The minimum Gasteiger partial charge on any atom is -0.496 e. The molecule has 0 saturated carbocycles. The van der Waals surface area contributed by atoms with Crippen molar-refractivity contribution in [3.05, 3.63) is 69.2 Å². The predicted molar refractivity (Wildman–Crippen MR) is 131 cm³/mol. The summed E-state index contributed by atoms with van der Waals surface area (Å²) in [5.41, 5.74) is 14.5. The number of nitrogens with one attached hydrogen (secondary N) is 2. The summed E-state index contributed by atoms with van der Waals surface area (Å²) >= 11 is 3.48. The zero-order valence-corrected chi connectivity index (χ0v) is 19.5. The smallest absolute Gasteiger partial charge is 0.211 e. The van der Waals surface area contributed by atoms with Gasteiger partial charge in [-0.1, -0.05) is 18.2 Å². The number of pyridine rings is 1. The maximum absolute atomic E-state index is 9.51. The van der Waals surface area contributed by atoms with Crippen LogP contribution < -0.4 is 31.6 Å². The fourth-order valence-electron chi connectivity index (χ4n) is 3.62. The Kier molecular flexibility index (Phi) is 6.39. The highest BCUT2D eigenvalue weighted by Gasteiger charge is 2.30. The number of halogens is 1. The van der Waals surface area contributed by atoms with Crippen molar-refractivity contribution in [3.63, 3.8) is 0 Å². The summed E-state index contributed by atoms with van der Waals surface area (Å²) in [6.07, 6.45) is 1.84. The number of nitrogen functional groups attached to an aromatic ring is 2. The average Bonchev–Trinajstić information content (AvgIpc) is 2.83. The van der Waals surface area contributed by atoms with E-state index in [0.29, 0.717) is 22.9 Å². The van der Waals surface area contributed by atoms with Gasteiger partial charge in [-0.05, 0) is 45.8 Å². The third-order valence-corrected chi connectivity index (χ3v) is 5.85. The first kappa shape index (κ1) is 22.7. The molecule has 6 N–H and O–H groups in total. The Morgan fingerprint density at radius 2 is 1.97 bits per heavy atom. The van der Waals surface area contributed by atoms with Crippen molar-refractivity contribution >= 4 is 39.2 Å². The van der Waals surface area contributed by atoms with Crippen LogP contribution in [0.4, 0.5) is 17.3 Å². The summed E-state index contributed by atoms with van der Waals surface area (Å²) in [7, 11) is 1.58. The van der Waals surface area contributed by atoms with Crippen LogP contribution in [0.25, 0.3) is 0 Å². The van der Waals surface area contributed by atoms with Gasteiger partial charge in [-0.2, -0.15) is 10.5 Å². The third kappa shape index (κ3) is 4.25. The number of nitrogens with zero attached hydrogens (tertiary/aromatic N) is 4. The summed E-state index contributed by atoms with van der Waals surface area (Å²) in [5.74, 6) is 1.79. The Hall–Kier alpha value is -4.48. The molecule has 0 amide bonds. The molecule has 0 radical (unpaired) electrons. The Morgan fingerprint density at radius 3 is 2.68 bits per heavy atom. The van der Waals surface area contributed by atoms with E-state index < -0.39 is 6.04 Å². The molecule has 1 aromatic heterocycles. The number of hydrogen-bond acceptors (Lipinski definition) is 10. The number of fused-ring (bicyclic) bond motifs is 1. The number of methoxy groups -OCH3 is 1. The Bertz CT molecular complexity index is 1380. The minimum atomic E-state index is -0.666. The number of guanidine groups is 1. The molecule has 4 rings (SSSR count). The normalized spacial score (nSPS) is 14.0. The number of rotatable bonds is 5. The van der Waals surface area contributed by atoms with Crippen LogP contribution in [0, 0.1) is 22.8 Å². The van der Waals surface area contributed by atoms with E-state index in [1.807, 2.05) is 48.7 Å². The molecule has 11 heteroatoms. The van der Waals surface area contributed by atoms with E-state index in [9.17, 15) is 5.26 Å². The van der Waals surface area contributed by atoms with Crippen molar-refractivity contribution in [2.24, 2.45) is 4.99 Å².